The van der Waals surface area contributed by atoms with E-state index < -0.39 is 0 Å². The summed E-state index contributed by atoms with van der Waals surface area (Å²) in [6.45, 7) is 4.44. The Balaban J connectivity index is 3.65. The average molecular weight is 236 g/mol. The van der Waals surface area contributed by atoms with Crippen LogP contribution in [0.3, 0.4) is 0 Å². The zero-order chi connectivity index (χ0) is 9.56. The molecule has 0 unspecified atom stereocenters. The predicted molar refractivity (Wildman–Crippen MR) is 52.2 cm³/mol. The topological polar surface area (TPSA) is 29.5 Å². The van der Waals surface area contributed by atoms with Crippen LogP contribution in [0.15, 0.2) is 12.2 Å². The highest BCUT2D eigenvalue weighted by atomic mass is 79.9. The summed E-state index contributed by atoms with van der Waals surface area (Å²) >= 11 is 3.00. The summed E-state index contributed by atoms with van der Waals surface area (Å²) in [5.74, 6) is -0.325. The summed E-state index contributed by atoms with van der Waals surface area (Å²) in [4.78, 5) is 13.0. The maximum Gasteiger partial charge on any atom is 0.334 e. The normalized spacial score (nSPS) is 10.0. The Morgan fingerprint density at radius 1 is 1.58 bits per heavy atom. The smallest absolute Gasteiger partial charge is 0.334 e. The molecule has 0 rings (SSSR count). The van der Waals surface area contributed by atoms with Gasteiger partial charge in [0, 0.05) is 12.1 Å². The van der Waals surface area contributed by atoms with Crippen LogP contribution >= 0.6 is 15.9 Å². The summed E-state index contributed by atoms with van der Waals surface area (Å²) in [5.41, 5.74) is 0.746. The minimum absolute atomic E-state index is 0.229. The minimum Gasteiger partial charge on any atom is -0.451 e. The molecule has 0 N–H and O–H groups in total. The van der Waals surface area contributed by atoms with Gasteiger partial charge in [-0.15, -0.1) is 0 Å². The molecule has 12 heavy (non-hydrogen) atoms. The summed E-state index contributed by atoms with van der Waals surface area (Å²) in [6, 6.07) is 0. The van der Waals surface area contributed by atoms with Gasteiger partial charge in [0.05, 0.1) is 0 Å². The third-order valence-electron chi connectivity index (χ3n) is 1.34. The number of carbonyl (C=O) groups excluding carboxylic acids is 1. The van der Waals surface area contributed by atoms with Crippen molar-refractivity contribution in [2.45, 2.75) is 6.42 Å². The lowest BCUT2D eigenvalue weighted by atomic mass is 10.2. The maximum absolute atomic E-state index is 11.0. The van der Waals surface area contributed by atoms with E-state index in [1.54, 1.807) is 0 Å². The molecule has 0 aromatic rings. The van der Waals surface area contributed by atoms with Gasteiger partial charge in [-0.2, -0.15) is 0 Å². The van der Waals surface area contributed by atoms with Gasteiger partial charge in [-0.25, -0.2) is 4.79 Å². The lowest BCUT2D eigenvalue weighted by molar-refractivity contribution is -0.136. The molecule has 0 fully saturated rings. The number of nitrogens with zero attached hydrogens (tertiary/aromatic N) is 1. The van der Waals surface area contributed by atoms with Crippen molar-refractivity contribution in [3.63, 3.8) is 0 Å². The summed E-state index contributed by atoms with van der Waals surface area (Å²) in [6.07, 6.45) is 0.652. The fourth-order valence-corrected chi connectivity index (χ4v) is 0.820. The monoisotopic (exact) mass is 235 g/mol. The van der Waals surface area contributed by atoms with E-state index in [1.807, 2.05) is 19.0 Å². The summed E-state index contributed by atoms with van der Waals surface area (Å²) < 4.78 is 4.70. The van der Waals surface area contributed by atoms with Gasteiger partial charge in [0.25, 0.3) is 0 Å². The number of halogens is 1. The highest BCUT2D eigenvalue weighted by Gasteiger charge is 2.07. The molecule has 0 aromatic heterocycles. The van der Waals surface area contributed by atoms with Gasteiger partial charge in [-0.05, 0) is 36.4 Å². The van der Waals surface area contributed by atoms with Crippen LogP contribution < -0.4 is 0 Å². The van der Waals surface area contributed by atoms with Crippen LogP contribution in [0, 0.1) is 0 Å². The molecule has 4 heteroatoms. The van der Waals surface area contributed by atoms with Crippen LogP contribution in [0.5, 0.6) is 0 Å². The van der Waals surface area contributed by atoms with Crippen molar-refractivity contribution >= 4 is 21.9 Å². The number of alkyl halides is 1. The first kappa shape index (κ1) is 11.6. The third kappa shape index (κ3) is 5.32. The predicted octanol–water partition coefficient (Wildman–Crippen LogP) is 1.39. The highest BCUT2D eigenvalue weighted by Crippen LogP contribution is 2.02. The molecule has 0 aromatic carbocycles. The van der Waals surface area contributed by atoms with Crippen LogP contribution in [-0.4, -0.2) is 37.0 Å². The van der Waals surface area contributed by atoms with Gasteiger partial charge < -0.3 is 9.64 Å². The first-order chi connectivity index (χ1) is 5.57. The van der Waals surface area contributed by atoms with Crippen LogP contribution in [0.2, 0.25) is 0 Å². The SMILES string of the molecule is C=C(CCN(C)C)C(=O)OCBr. The first-order valence-electron chi connectivity index (χ1n) is 3.63. The molecule has 0 heterocycles. The Bertz CT molecular complexity index is 168. The van der Waals surface area contributed by atoms with Crippen molar-refractivity contribution in [1.82, 2.24) is 4.90 Å². The number of ether oxygens (including phenoxy) is 1. The zero-order valence-electron chi connectivity index (χ0n) is 7.47. The number of hydrogen-bond donors (Lipinski definition) is 0. The Hall–Kier alpha value is -0.350. The quantitative estimate of drug-likeness (QED) is 0.410. The number of rotatable bonds is 5. The molecule has 0 spiro atoms. The Morgan fingerprint density at radius 3 is 2.58 bits per heavy atom. The Morgan fingerprint density at radius 2 is 2.17 bits per heavy atom. The van der Waals surface area contributed by atoms with Gasteiger partial charge >= 0.3 is 5.97 Å². The van der Waals surface area contributed by atoms with Crippen molar-refractivity contribution in [1.29, 1.82) is 0 Å². The van der Waals surface area contributed by atoms with Gasteiger partial charge in [0.15, 0.2) is 0 Å². The minimum atomic E-state index is -0.325. The van der Waals surface area contributed by atoms with Crippen molar-refractivity contribution in [3.05, 3.63) is 12.2 Å². The van der Waals surface area contributed by atoms with E-state index in [2.05, 4.69) is 22.5 Å². The first-order valence-corrected chi connectivity index (χ1v) is 4.75. The average Bonchev–Trinajstić information content (AvgIpc) is 2.00. The molecule has 0 saturated heterocycles. The fourth-order valence-electron chi connectivity index (χ4n) is 0.612. The second-order valence-corrected chi connectivity index (χ2v) is 3.16. The van der Waals surface area contributed by atoms with Crippen LogP contribution in [0.4, 0.5) is 0 Å². The molecule has 0 radical (unpaired) electrons. The molecule has 3 nitrogen and oxygen atoms in total. The van der Waals surface area contributed by atoms with Crippen LogP contribution in [-0.2, 0) is 9.53 Å². The lowest BCUT2D eigenvalue weighted by Gasteiger charge is -2.09. The number of hydrogen-bond acceptors (Lipinski definition) is 3. The molecule has 0 aliphatic carbocycles. The standard InChI is InChI=1S/C8H14BrNO2/c1-7(4-5-10(2)3)8(11)12-6-9/h1,4-6H2,2-3H3. The molecule has 0 aliphatic rings. The van der Waals surface area contributed by atoms with Crippen molar-refractivity contribution in [3.8, 4) is 0 Å². The van der Waals surface area contributed by atoms with E-state index in [4.69, 9.17) is 4.74 Å². The van der Waals surface area contributed by atoms with E-state index in [0.717, 1.165) is 6.54 Å². The molecule has 0 atom stereocenters. The highest BCUT2D eigenvalue weighted by molar-refractivity contribution is 9.09. The Labute approximate surface area is 81.5 Å². The van der Waals surface area contributed by atoms with E-state index in [1.165, 1.54) is 0 Å². The second-order valence-electron chi connectivity index (χ2n) is 2.70. The molecule has 0 saturated carbocycles. The van der Waals surface area contributed by atoms with Crippen molar-refractivity contribution < 1.29 is 9.53 Å². The van der Waals surface area contributed by atoms with Crippen LogP contribution in [0.25, 0.3) is 0 Å². The summed E-state index contributed by atoms with van der Waals surface area (Å²) in [5, 5.41) is 0. The Kier molecular flexibility index (Phi) is 6.02. The molecular weight excluding hydrogens is 222 g/mol. The maximum atomic E-state index is 11.0. The van der Waals surface area contributed by atoms with Crippen molar-refractivity contribution in [2.75, 3.05) is 26.2 Å². The van der Waals surface area contributed by atoms with Gasteiger partial charge in [0.1, 0.15) is 5.52 Å². The van der Waals surface area contributed by atoms with E-state index in [9.17, 15) is 4.79 Å². The third-order valence-corrected chi connectivity index (χ3v) is 1.56. The van der Waals surface area contributed by atoms with Gasteiger partial charge in [-0.1, -0.05) is 6.58 Å². The zero-order valence-corrected chi connectivity index (χ0v) is 9.06. The largest absolute Gasteiger partial charge is 0.451 e. The van der Waals surface area contributed by atoms with Crippen LogP contribution in [0.1, 0.15) is 6.42 Å². The van der Waals surface area contributed by atoms with Gasteiger partial charge in [0.2, 0.25) is 0 Å². The van der Waals surface area contributed by atoms with Gasteiger partial charge in [-0.3, -0.25) is 0 Å². The van der Waals surface area contributed by atoms with E-state index >= 15 is 0 Å². The molecule has 0 bridgehead atoms. The molecule has 0 amide bonds. The summed E-state index contributed by atoms with van der Waals surface area (Å²) in [7, 11) is 3.90. The van der Waals surface area contributed by atoms with Crippen molar-refractivity contribution in [2.24, 2.45) is 0 Å². The van der Waals surface area contributed by atoms with E-state index in [0.29, 0.717) is 12.0 Å². The molecular formula is C8H14BrNO2. The second kappa shape index (κ2) is 6.20. The fraction of sp³-hybridized carbons (Fsp3) is 0.625. The number of esters is 1. The van der Waals surface area contributed by atoms with E-state index in [-0.39, 0.29) is 11.5 Å². The molecule has 0 aliphatic heterocycles. The lowest BCUT2D eigenvalue weighted by Crippen LogP contribution is -2.16. The molecule has 70 valence electrons. The number of carbonyl (C=O) groups is 1.